The van der Waals surface area contributed by atoms with Crippen LogP contribution in [0.15, 0.2) is 0 Å². The lowest BCUT2D eigenvalue weighted by Crippen LogP contribution is -2.32. The Morgan fingerprint density at radius 3 is 2.07 bits per heavy atom. The zero-order valence-corrected chi connectivity index (χ0v) is 9.59. The highest BCUT2D eigenvalue weighted by molar-refractivity contribution is 8.76. The van der Waals surface area contributed by atoms with E-state index >= 15 is 0 Å². The summed E-state index contributed by atoms with van der Waals surface area (Å²) < 4.78 is 0. The van der Waals surface area contributed by atoms with Gasteiger partial charge in [0.15, 0.2) is 0 Å². The molecule has 0 aliphatic rings. The molecule has 6 N–H and O–H groups in total. The topological polar surface area (TPSA) is 127 Å². The highest BCUT2D eigenvalue weighted by Gasteiger charge is 2.13. The number of aliphatic carboxylic acids is 2. The highest BCUT2D eigenvalue weighted by Crippen LogP contribution is 2.22. The second kappa shape index (κ2) is 7.80. The highest BCUT2D eigenvalue weighted by atomic mass is 33.1. The molecule has 0 aromatic rings. The van der Waals surface area contributed by atoms with Gasteiger partial charge in [0.05, 0.1) is 0 Å². The predicted molar refractivity (Wildman–Crippen MR) is 60.8 cm³/mol. The van der Waals surface area contributed by atoms with E-state index in [1.54, 1.807) is 0 Å². The predicted octanol–water partition coefficient (Wildman–Crippen LogP) is -0.418. The number of carbonyl (C=O) groups is 2. The number of carboxylic acids is 2. The molecule has 0 bridgehead atoms. The van der Waals surface area contributed by atoms with Gasteiger partial charge in [-0.15, -0.1) is 0 Å². The Labute approximate surface area is 95.2 Å². The lowest BCUT2D eigenvalue weighted by Gasteiger charge is -2.06. The van der Waals surface area contributed by atoms with Crippen molar-refractivity contribution in [3.63, 3.8) is 0 Å². The fraction of sp³-hybridized carbons (Fsp3) is 0.714. The van der Waals surface area contributed by atoms with Crippen molar-refractivity contribution in [3.8, 4) is 0 Å². The van der Waals surface area contributed by atoms with Gasteiger partial charge in [0, 0.05) is 11.5 Å². The van der Waals surface area contributed by atoms with E-state index in [0.717, 1.165) is 0 Å². The van der Waals surface area contributed by atoms with Gasteiger partial charge in [-0.1, -0.05) is 21.6 Å². The Bertz CT molecular complexity index is 205. The van der Waals surface area contributed by atoms with Crippen molar-refractivity contribution in [2.24, 2.45) is 11.5 Å². The number of hydrogen-bond acceptors (Lipinski definition) is 6. The molecule has 0 spiro atoms. The smallest absolute Gasteiger partial charge is 0.321 e. The van der Waals surface area contributed by atoms with Gasteiger partial charge >= 0.3 is 11.9 Å². The summed E-state index contributed by atoms with van der Waals surface area (Å²) in [6.45, 7) is 0. The average Bonchev–Trinajstić information content (AvgIpc) is 2.16. The van der Waals surface area contributed by atoms with Crippen LogP contribution in [0.1, 0.15) is 6.42 Å². The molecule has 6 nitrogen and oxygen atoms in total. The van der Waals surface area contributed by atoms with E-state index in [0.29, 0.717) is 17.9 Å². The standard InChI is InChI=1S/C7H14N2O4S2/c8-4(6(10)11)1-2-14-15-3-5(9)7(12)13/h4-5H,1-3,8-9H2,(H,10,11)(H,12,13)/t4-,5+/m0/s1. The van der Waals surface area contributed by atoms with Gasteiger partial charge in [-0.25, -0.2) is 0 Å². The molecule has 0 radical (unpaired) electrons. The van der Waals surface area contributed by atoms with Crippen LogP contribution in [0.3, 0.4) is 0 Å². The third-order valence-electron chi connectivity index (χ3n) is 1.48. The molecule has 0 aliphatic heterocycles. The van der Waals surface area contributed by atoms with Gasteiger partial charge < -0.3 is 21.7 Å². The largest absolute Gasteiger partial charge is 0.480 e. The van der Waals surface area contributed by atoms with Crippen LogP contribution in [0.4, 0.5) is 0 Å². The molecule has 0 saturated carbocycles. The van der Waals surface area contributed by atoms with Crippen molar-refractivity contribution >= 4 is 33.5 Å². The van der Waals surface area contributed by atoms with E-state index in [4.69, 9.17) is 21.7 Å². The van der Waals surface area contributed by atoms with Crippen LogP contribution in [0.5, 0.6) is 0 Å². The second-order valence-corrected chi connectivity index (χ2v) is 5.41. The minimum atomic E-state index is -1.04. The van der Waals surface area contributed by atoms with Crippen LogP contribution in [-0.4, -0.2) is 45.7 Å². The second-order valence-electron chi connectivity index (χ2n) is 2.78. The molecule has 88 valence electrons. The lowest BCUT2D eigenvalue weighted by molar-refractivity contribution is -0.139. The van der Waals surface area contributed by atoms with Gasteiger partial charge in [0.2, 0.25) is 0 Å². The molecule has 0 aromatic heterocycles. The number of rotatable bonds is 8. The first-order chi connectivity index (χ1) is 6.95. The van der Waals surface area contributed by atoms with E-state index in [1.165, 1.54) is 21.6 Å². The molecule has 0 aliphatic carbocycles. The Morgan fingerprint density at radius 2 is 1.60 bits per heavy atom. The summed E-state index contributed by atoms with van der Waals surface area (Å²) in [5.74, 6) is -1.21. The summed E-state index contributed by atoms with van der Waals surface area (Å²) in [5.41, 5.74) is 10.5. The fourth-order valence-electron chi connectivity index (χ4n) is 0.550. The summed E-state index contributed by atoms with van der Waals surface area (Å²) in [6.07, 6.45) is 0.356. The molecule has 0 aromatic carbocycles. The minimum Gasteiger partial charge on any atom is -0.480 e. The number of hydrogen-bond donors (Lipinski definition) is 4. The van der Waals surface area contributed by atoms with Crippen LogP contribution in [0.25, 0.3) is 0 Å². The lowest BCUT2D eigenvalue weighted by atomic mass is 10.2. The molecule has 0 unspecified atom stereocenters. The van der Waals surface area contributed by atoms with Crippen molar-refractivity contribution in [1.29, 1.82) is 0 Å². The molecular weight excluding hydrogens is 240 g/mol. The van der Waals surface area contributed by atoms with Gasteiger partial charge in [-0.2, -0.15) is 0 Å². The van der Waals surface area contributed by atoms with Crippen molar-refractivity contribution in [2.75, 3.05) is 11.5 Å². The van der Waals surface area contributed by atoms with Gasteiger partial charge in [0.25, 0.3) is 0 Å². The van der Waals surface area contributed by atoms with Crippen molar-refractivity contribution in [3.05, 3.63) is 0 Å². The van der Waals surface area contributed by atoms with E-state index in [2.05, 4.69) is 0 Å². The third-order valence-corrected chi connectivity index (χ3v) is 3.95. The van der Waals surface area contributed by atoms with E-state index in [1.807, 2.05) is 0 Å². The summed E-state index contributed by atoms with van der Waals surface area (Å²) in [4.78, 5) is 20.6. The Kier molecular flexibility index (Phi) is 7.57. The maximum atomic E-state index is 10.3. The molecule has 0 heterocycles. The van der Waals surface area contributed by atoms with Gasteiger partial charge in [-0.3, -0.25) is 9.59 Å². The number of nitrogens with two attached hydrogens (primary N) is 2. The molecule has 2 atom stereocenters. The maximum absolute atomic E-state index is 10.3. The number of carboxylic acid groups (broad SMARTS) is 2. The zero-order chi connectivity index (χ0) is 11.8. The summed E-state index contributed by atoms with van der Waals surface area (Å²) >= 11 is 0. The molecular formula is C7H14N2O4S2. The zero-order valence-electron chi connectivity index (χ0n) is 7.96. The first-order valence-corrected chi connectivity index (χ1v) is 6.65. The first kappa shape index (κ1) is 14.6. The fourth-order valence-corrected chi connectivity index (χ4v) is 2.77. The quantitative estimate of drug-likeness (QED) is 0.340. The molecule has 0 fully saturated rings. The van der Waals surface area contributed by atoms with E-state index in [9.17, 15) is 9.59 Å². The Balaban J connectivity index is 3.40. The molecule has 8 heteroatoms. The Hall–Kier alpha value is -0.440. The van der Waals surface area contributed by atoms with Crippen molar-refractivity contribution in [2.45, 2.75) is 18.5 Å². The Morgan fingerprint density at radius 1 is 1.07 bits per heavy atom. The summed E-state index contributed by atoms with van der Waals surface area (Å²) in [6, 6.07) is -1.73. The van der Waals surface area contributed by atoms with Crippen LogP contribution >= 0.6 is 21.6 Å². The molecule has 0 rings (SSSR count). The van der Waals surface area contributed by atoms with E-state index < -0.39 is 24.0 Å². The van der Waals surface area contributed by atoms with Gasteiger partial charge in [-0.05, 0) is 6.42 Å². The van der Waals surface area contributed by atoms with Crippen LogP contribution in [-0.2, 0) is 9.59 Å². The van der Waals surface area contributed by atoms with Crippen LogP contribution in [0.2, 0.25) is 0 Å². The maximum Gasteiger partial charge on any atom is 0.321 e. The summed E-state index contributed by atoms with van der Waals surface area (Å²) in [5, 5.41) is 16.9. The minimum absolute atomic E-state index is 0.294. The van der Waals surface area contributed by atoms with Crippen LogP contribution < -0.4 is 11.5 Å². The molecule has 0 saturated heterocycles. The van der Waals surface area contributed by atoms with Crippen molar-refractivity contribution < 1.29 is 19.8 Å². The first-order valence-electron chi connectivity index (χ1n) is 4.16. The van der Waals surface area contributed by atoms with Crippen LogP contribution in [0, 0.1) is 0 Å². The molecule has 15 heavy (non-hydrogen) atoms. The normalized spacial score (nSPS) is 14.5. The summed E-state index contributed by atoms with van der Waals surface area (Å²) in [7, 11) is 2.68. The van der Waals surface area contributed by atoms with E-state index in [-0.39, 0.29) is 0 Å². The van der Waals surface area contributed by atoms with Gasteiger partial charge in [0.1, 0.15) is 12.1 Å². The third kappa shape index (κ3) is 7.48. The monoisotopic (exact) mass is 254 g/mol. The van der Waals surface area contributed by atoms with Crippen molar-refractivity contribution in [1.82, 2.24) is 0 Å². The average molecular weight is 254 g/mol. The SMILES string of the molecule is N[C@H](CSSCC[C@H](N)C(=O)O)C(=O)O. The molecule has 0 amide bonds.